The van der Waals surface area contributed by atoms with Crippen molar-refractivity contribution in [2.45, 2.75) is 32.5 Å². The molecule has 2 atom stereocenters. The van der Waals surface area contributed by atoms with Crippen molar-refractivity contribution in [1.82, 2.24) is 14.2 Å². The van der Waals surface area contributed by atoms with Gasteiger partial charge in [0.05, 0.1) is 9.85 Å². The Morgan fingerprint density at radius 3 is 2.75 bits per heavy atom. The second-order valence-corrected chi connectivity index (χ2v) is 11.3. The molecule has 0 radical (unpaired) electrons. The summed E-state index contributed by atoms with van der Waals surface area (Å²) >= 11 is 7.20. The lowest BCUT2D eigenvalue weighted by Crippen LogP contribution is -2.60. The maximum absolute atomic E-state index is 13.1. The summed E-state index contributed by atoms with van der Waals surface area (Å²) in [5.41, 5.74) is 8.31. The van der Waals surface area contributed by atoms with Gasteiger partial charge in [-0.15, -0.1) is 11.3 Å². The Balaban J connectivity index is 1.52. The van der Waals surface area contributed by atoms with E-state index in [4.69, 9.17) is 17.3 Å². The normalized spacial score (nSPS) is 20.5. The molecule has 32 heavy (non-hydrogen) atoms. The summed E-state index contributed by atoms with van der Waals surface area (Å²) < 4.78 is 27.9. The zero-order valence-corrected chi connectivity index (χ0v) is 20.0. The van der Waals surface area contributed by atoms with E-state index in [1.165, 1.54) is 21.7 Å². The van der Waals surface area contributed by atoms with Crippen molar-refractivity contribution in [1.29, 1.82) is 0 Å². The standard InChI is InChI=1S/C22H23ClN4O3S2/c1-14-12-26(13-16-3-5-18-19(24)7-9-25-20(18)11-16)22(28)15(2)27(14)32(29,30)10-8-17-4-6-21(23)31-17/h3-11,14-15H,12-13H2,1-2H3,(H2,24,25)/b10-8+/t14-,15+/m1/s1. The Kier molecular flexibility index (Phi) is 6.26. The minimum atomic E-state index is -3.79. The Bertz CT molecular complexity index is 1310. The summed E-state index contributed by atoms with van der Waals surface area (Å²) in [6.45, 7) is 4.11. The van der Waals surface area contributed by atoms with E-state index in [1.807, 2.05) is 25.1 Å². The van der Waals surface area contributed by atoms with Crippen molar-refractivity contribution in [2.24, 2.45) is 0 Å². The molecule has 1 fully saturated rings. The molecule has 0 bridgehead atoms. The maximum atomic E-state index is 13.1. The third-order valence-electron chi connectivity index (χ3n) is 5.48. The number of carbonyl (C=O) groups is 1. The lowest BCUT2D eigenvalue weighted by molar-refractivity contribution is -0.140. The number of hydrogen-bond acceptors (Lipinski definition) is 6. The average molecular weight is 491 g/mol. The van der Waals surface area contributed by atoms with Crippen LogP contribution in [0.25, 0.3) is 17.0 Å². The molecule has 2 aromatic heterocycles. The van der Waals surface area contributed by atoms with Gasteiger partial charge in [0.2, 0.25) is 15.9 Å². The highest BCUT2D eigenvalue weighted by molar-refractivity contribution is 7.92. The first-order chi connectivity index (χ1) is 15.2. The van der Waals surface area contributed by atoms with E-state index in [0.717, 1.165) is 26.8 Å². The van der Waals surface area contributed by atoms with E-state index in [2.05, 4.69) is 4.98 Å². The van der Waals surface area contributed by atoms with Gasteiger partial charge < -0.3 is 10.6 Å². The fraction of sp³-hybridized carbons (Fsp3) is 0.273. The first kappa shape index (κ1) is 22.7. The first-order valence-electron chi connectivity index (χ1n) is 10.0. The predicted octanol–water partition coefficient (Wildman–Crippen LogP) is 3.95. The van der Waals surface area contributed by atoms with Gasteiger partial charge in [0.25, 0.3) is 0 Å². The molecule has 3 heterocycles. The largest absolute Gasteiger partial charge is 0.398 e. The van der Waals surface area contributed by atoms with Crippen LogP contribution in [-0.2, 0) is 21.4 Å². The second kappa shape index (κ2) is 8.82. The third kappa shape index (κ3) is 4.52. The molecular formula is C22H23ClN4O3S2. The van der Waals surface area contributed by atoms with Crippen LogP contribution in [0.5, 0.6) is 0 Å². The van der Waals surface area contributed by atoms with Crippen molar-refractivity contribution in [3.63, 3.8) is 0 Å². The van der Waals surface area contributed by atoms with Gasteiger partial charge in [-0.25, -0.2) is 8.42 Å². The zero-order valence-electron chi connectivity index (χ0n) is 17.6. The number of fused-ring (bicyclic) bond motifs is 1. The summed E-state index contributed by atoms with van der Waals surface area (Å²) in [6, 6.07) is 9.74. The van der Waals surface area contributed by atoms with E-state index < -0.39 is 16.1 Å². The number of aromatic nitrogens is 1. The number of anilines is 1. The lowest BCUT2D eigenvalue weighted by Gasteiger charge is -2.42. The van der Waals surface area contributed by atoms with Crippen molar-refractivity contribution in [3.8, 4) is 0 Å². The van der Waals surface area contributed by atoms with Crippen molar-refractivity contribution < 1.29 is 13.2 Å². The van der Waals surface area contributed by atoms with Crippen LogP contribution in [0.15, 0.2) is 48.0 Å². The maximum Gasteiger partial charge on any atom is 0.241 e. The molecule has 1 aliphatic rings. The molecule has 168 valence electrons. The molecule has 1 amide bonds. The van der Waals surface area contributed by atoms with E-state index in [9.17, 15) is 13.2 Å². The number of thiophene rings is 1. The number of pyridine rings is 1. The lowest BCUT2D eigenvalue weighted by atomic mass is 10.1. The number of hydrogen-bond donors (Lipinski definition) is 1. The molecule has 1 aliphatic heterocycles. The quantitative estimate of drug-likeness (QED) is 0.584. The van der Waals surface area contributed by atoms with E-state index in [0.29, 0.717) is 23.1 Å². The summed E-state index contributed by atoms with van der Waals surface area (Å²) in [5.74, 6) is -0.236. The zero-order chi connectivity index (χ0) is 23.0. The molecule has 2 N–H and O–H groups in total. The van der Waals surface area contributed by atoms with Crippen LogP contribution >= 0.6 is 22.9 Å². The first-order valence-corrected chi connectivity index (χ1v) is 12.7. The van der Waals surface area contributed by atoms with Gasteiger partial charge in [-0.1, -0.05) is 23.7 Å². The number of halogens is 1. The fourth-order valence-electron chi connectivity index (χ4n) is 4.03. The topological polar surface area (TPSA) is 96.6 Å². The molecule has 1 saturated heterocycles. The van der Waals surface area contributed by atoms with E-state index in [-0.39, 0.29) is 11.9 Å². The smallest absolute Gasteiger partial charge is 0.241 e. The van der Waals surface area contributed by atoms with Gasteiger partial charge in [-0.2, -0.15) is 4.31 Å². The summed E-state index contributed by atoms with van der Waals surface area (Å²) in [7, 11) is -3.79. The van der Waals surface area contributed by atoms with Crippen LogP contribution < -0.4 is 5.73 Å². The highest BCUT2D eigenvalue weighted by Gasteiger charge is 2.41. The number of carbonyl (C=O) groups excluding carboxylic acids is 1. The predicted molar refractivity (Wildman–Crippen MR) is 130 cm³/mol. The Hall–Kier alpha value is -2.46. The van der Waals surface area contributed by atoms with Crippen LogP contribution in [0.3, 0.4) is 0 Å². The number of rotatable bonds is 5. The van der Waals surface area contributed by atoms with Gasteiger partial charge in [-0.05, 0) is 49.8 Å². The van der Waals surface area contributed by atoms with Gasteiger partial charge in [0.15, 0.2) is 0 Å². The molecule has 1 aromatic carbocycles. The van der Waals surface area contributed by atoms with Crippen molar-refractivity contribution >= 4 is 61.5 Å². The van der Waals surface area contributed by atoms with Gasteiger partial charge in [0.1, 0.15) is 6.04 Å². The van der Waals surface area contributed by atoms with Crippen LogP contribution in [0, 0.1) is 0 Å². The molecule has 4 rings (SSSR count). The van der Waals surface area contributed by atoms with Crippen molar-refractivity contribution in [3.05, 3.63) is 62.8 Å². The monoisotopic (exact) mass is 490 g/mol. The highest BCUT2D eigenvalue weighted by Crippen LogP contribution is 2.27. The third-order valence-corrected chi connectivity index (χ3v) is 8.42. The van der Waals surface area contributed by atoms with E-state index in [1.54, 1.807) is 36.2 Å². The Labute approximate surface area is 196 Å². The summed E-state index contributed by atoms with van der Waals surface area (Å²) in [4.78, 5) is 19.8. The number of piperazine rings is 1. The Morgan fingerprint density at radius 2 is 2.03 bits per heavy atom. The number of benzene rings is 1. The highest BCUT2D eigenvalue weighted by atomic mass is 35.5. The van der Waals surface area contributed by atoms with Crippen molar-refractivity contribution in [2.75, 3.05) is 12.3 Å². The Morgan fingerprint density at radius 1 is 1.25 bits per heavy atom. The van der Waals surface area contributed by atoms with Gasteiger partial charge >= 0.3 is 0 Å². The fourth-order valence-corrected chi connectivity index (χ4v) is 6.64. The number of sulfonamides is 1. The summed E-state index contributed by atoms with van der Waals surface area (Å²) in [6.07, 6.45) is 3.16. The minimum absolute atomic E-state index is 0.236. The number of nitrogen functional groups attached to an aromatic ring is 1. The van der Waals surface area contributed by atoms with Gasteiger partial charge in [-0.3, -0.25) is 9.78 Å². The minimum Gasteiger partial charge on any atom is -0.398 e. The molecule has 10 heteroatoms. The van der Waals surface area contributed by atoms with Gasteiger partial charge in [0, 0.05) is 46.7 Å². The second-order valence-electron chi connectivity index (χ2n) is 7.81. The number of amides is 1. The SMILES string of the molecule is C[C@@H]1CN(Cc2ccc3c(N)ccnc3c2)C(=O)[C@H](C)N1S(=O)(=O)/C=C/c1ccc(Cl)s1. The molecule has 0 saturated carbocycles. The average Bonchev–Trinajstić information content (AvgIpc) is 3.16. The molecule has 0 aliphatic carbocycles. The van der Waals surface area contributed by atoms with Crippen LogP contribution in [0.4, 0.5) is 5.69 Å². The summed E-state index contributed by atoms with van der Waals surface area (Å²) in [5, 5.41) is 2.00. The van der Waals surface area contributed by atoms with Crippen LogP contribution in [-0.4, -0.2) is 47.1 Å². The number of nitrogens with zero attached hydrogens (tertiary/aromatic N) is 3. The molecule has 0 spiro atoms. The molecular weight excluding hydrogens is 468 g/mol. The molecule has 0 unspecified atom stereocenters. The molecule has 7 nitrogen and oxygen atoms in total. The van der Waals surface area contributed by atoms with E-state index >= 15 is 0 Å². The number of nitrogens with two attached hydrogens (primary N) is 1. The van der Waals surface area contributed by atoms with Crippen LogP contribution in [0.1, 0.15) is 24.3 Å². The van der Waals surface area contributed by atoms with Crippen LogP contribution in [0.2, 0.25) is 4.34 Å². The molecule has 3 aromatic rings.